The zero-order valence-electron chi connectivity index (χ0n) is 19.0. The molecule has 2 aromatic heterocycles. The van der Waals surface area contributed by atoms with Gasteiger partial charge in [-0.3, -0.25) is 19.4 Å². The molecule has 1 atom stereocenters. The van der Waals surface area contributed by atoms with Gasteiger partial charge < -0.3 is 10.1 Å². The number of halogens is 1. The van der Waals surface area contributed by atoms with Gasteiger partial charge in [-0.15, -0.1) is 0 Å². The van der Waals surface area contributed by atoms with Crippen LogP contribution < -0.4 is 5.56 Å². The molecule has 180 valence electrons. The molecule has 2 N–H and O–H groups in total. The van der Waals surface area contributed by atoms with Crippen molar-refractivity contribution in [3.63, 3.8) is 0 Å². The van der Waals surface area contributed by atoms with Gasteiger partial charge >= 0.3 is 5.97 Å². The lowest BCUT2D eigenvalue weighted by atomic mass is 9.91. The molecule has 3 heterocycles. The van der Waals surface area contributed by atoms with Crippen LogP contribution in [0.2, 0.25) is 5.02 Å². The average molecular weight is 501 g/mol. The van der Waals surface area contributed by atoms with Gasteiger partial charge in [-0.05, 0) is 35.4 Å². The second-order valence-electron chi connectivity index (χ2n) is 8.44. The number of rotatable bonds is 6. The highest BCUT2D eigenvalue weighted by atomic mass is 35.5. The smallest absolute Gasteiger partial charge is 0.303 e. The number of benzene rings is 2. The zero-order chi connectivity index (χ0) is 25.2. The van der Waals surface area contributed by atoms with Crippen LogP contribution in [0, 0.1) is 0 Å². The Kier molecular flexibility index (Phi) is 6.35. The standard InChI is InChI=1S/C27H21ClN4O4/c28-18-9-7-16(8-10-18)25-19-5-1-2-6-20(19)30-27(36)26(25)21-14-22(17-4-3-13-29-15-17)32(31-21)23(33)11-12-24(34)35/h1-10,13,15,22H,11-12,14H2,(H,30,36)(H,34,35). The van der Waals surface area contributed by atoms with Crippen LogP contribution in [0.15, 0.2) is 83.0 Å². The minimum atomic E-state index is -1.07. The van der Waals surface area contributed by atoms with Crippen molar-refractivity contribution in [2.45, 2.75) is 25.3 Å². The number of nitrogens with zero attached hydrogens (tertiary/aromatic N) is 3. The van der Waals surface area contributed by atoms with Crippen molar-refractivity contribution in [2.24, 2.45) is 5.10 Å². The van der Waals surface area contributed by atoms with E-state index in [1.807, 2.05) is 42.5 Å². The van der Waals surface area contributed by atoms with Gasteiger partial charge in [0.15, 0.2) is 0 Å². The van der Waals surface area contributed by atoms with Crippen molar-refractivity contribution in [1.29, 1.82) is 0 Å². The van der Waals surface area contributed by atoms with Crippen LogP contribution >= 0.6 is 11.6 Å². The van der Waals surface area contributed by atoms with E-state index in [1.54, 1.807) is 30.6 Å². The fourth-order valence-electron chi connectivity index (χ4n) is 4.49. The number of pyridine rings is 2. The summed E-state index contributed by atoms with van der Waals surface area (Å²) in [6.07, 6.45) is 3.02. The summed E-state index contributed by atoms with van der Waals surface area (Å²) in [5.74, 6) is -1.51. The van der Waals surface area contributed by atoms with Gasteiger partial charge in [0.1, 0.15) is 0 Å². The molecule has 0 saturated heterocycles. The maximum Gasteiger partial charge on any atom is 0.303 e. The molecule has 1 aliphatic heterocycles. The molecule has 1 unspecified atom stereocenters. The number of aliphatic carboxylic acids is 1. The number of H-pyrrole nitrogens is 1. The minimum Gasteiger partial charge on any atom is -0.481 e. The van der Waals surface area contributed by atoms with Crippen molar-refractivity contribution in [1.82, 2.24) is 15.0 Å². The van der Waals surface area contributed by atoms with E-state index < -0.39 is 17.9 Å². The largest absolute Gasteiger partial charge is 0.481 e. The Hall–Kier alpha value is -4.30. The number of hydrogen-bond donors (Lipinski definition) is 2. The number of hydrogen-bond acceptors (Lipinski definition) is 5. The number of carbonyl (C=O) groups excluding carboxylic acids is 1. The van der Waals surface area contributed by atoms with Gasteiger partial charge in [-0.25, -0.2) is 5.01 Å². The van der Waals surface area contributed by atoms with Crippen molar-refractivity contribution in [2.75, 3.05) is 0 Å². The normalized spacial score (nSPS) is 15.2. The molecule has 0 aliphatic carbocycles. The van der Waals surface area contributed by atoms with E-state index in [4.69, 9.17) is 16.7 Å². The SMILES string of the molecule is O=C(O)CCC(=O)N1N=C(c2c(-c3ccc(Cl)cc3)c3ccccc3[nH]c2=O)CC1c1cccnc1. The summed E-state index contributed by atoms with van der Waals surface area (Å²) < 4.78 is 0. The molecule has 8 nitrogen and oxygen atoms in total. The highest BCUT2D eigenvalue weighted by Crippen LogP contribution is 2.37. The fraction of sp³-hybridized carbons (Fsp3) is 0.148. The molecule has 2 aromatic carbocycles. The maximum atomic E-state index is 13.5. The van der Waals surface area contributed by atoms with E-state index in [-0.39, 0.29) is 24.8 Å². The average Bonchev–Trinajstić information content (AvgIpc) is 3.32. The molecule has 0 bridgehead atoms. The first-order valence-corrected chi connectivity index (χ1v) is 11.7. The molecule has 4 aromatic rings. The monoisotopic (exact) mass is 500 g/mol. The quantitative estimate of drug-likeness (QED) is 0.395. The summed E-state index contributed by atoms with van der Waals surface area (Å²) in [5, 5.41) is 16.3. The second-order valence-corrected chi connectivity index (χ2v) is 8.88. The number of nitrogens with one attached hydrogen (secondary N) is 1. The topological polar surface area (TPSA) is 116 Å². The number of fused-ring (bicyclic) bond motifs is 1. The van der Waals surface area contributed by atoms with Gasteiger partial charge in [0.25, 0.3) is 5.56 Å². The molecule has 0 radical (unpaired) electrons. The van der Waals surface area contributed by atoms with Gasteiger partial charge in [0, 0.05) is 46.7 Å². The summed E-state index contributed by atoms with van der Waals surface area (Å²) in [5.41, 5.74) is 3.35. The van der Waals surface area contributed by atoms with Crippen LogP contribution in [0.1, 0.15) is 36.4 Å². The van der Waals surface area contributed by atoms with E-state index in [0.29, 0.717) is 27.4 Å². The molecule has 9 heteroatoms. The number of carbonyl (C=O) groups is 2. The first-order valence-electron chi connectivity index (χ1n) is 11.3. The van der Waals surface area contributed by atoms with Gasteiger partial charge in [-0.1, -0.05) is 48.0 Å². The van der Waals surface area contributed by atoms with Crippen LogP contribution in [-0.4, -0.2) is 37.7 Å². The van der Waals surface area contributed by atoms with Gasteiger partial charge in [0.2, 0.25) is 5.91 Å². The van der Waals surface area contributed by atoms with Crippen molar-refractivity contribution in [3.05, 3.63) is 99.6 Å². The van der Waals surface area contributed by atoms with E-state index in [9.17, 15) is 14.4 Å². The molecule has 0 spiro atoms. The molecule has 5 rings (SSSR count). The summed E-state index contributed by atoms with van der Waals surface area (Å²) in [4.78, 5) is 44.7. The van der Waals surface area contributed by atoms with Crippen LogP contribution in [0.25, 0.3) is 22.0 Å². The predicted octanol–water partition coefficient (Wildman–Crippen LogP) is 4.79. The van der Waals surface area contributed by atoms with Crippen molar-refractivity contribution >= 4 is 40.1 Å². The highest BCUT2D eigenvalue weighted by molar-refractivity contribution is 6.30. The second kappa shape index (κ2) is 9.75. The molecule has 1 aliphatic rings. The number of hydrazone groups is 1. The number of carboxylic acid groups (broad SMARTS) is 1. The predicted molar refractivity (Wildman–Crippen MR) is 137 cm³/mol. The highest BCUT2D eigenvalue weighted by Gasteiger charge is 2.35. The summed E-state index contributed by atoms with van der Waals surface area (Å²) in [7, 11) is 0. The Morgan fingerprint density at radius 2 is 1.81 bits per heavy atom. The summed E-state index contributed by atoms with van der Waals surface area (Å²) in [6.45, 7) is 0. The van der Waals surface area contributed by atoms with Gasteiger partial charge in [-0.2, -0.15) is 5.10 Å². The van der Waals surface area contributed by atoms with Gasteiger partial charge in [0.05, 0.1) is 23.7 Å². The van der Waals surface area contributed by atoms with Crippen molar-refractivity contribution in [3.8, 4) is 11.1 Å². The molecular weight excluding hydrogens is 480 g/mol. The van der Waals surface area contributed by atoms with E-state index in [1.165, 1.54) is 5.01 Å². The molecule has 0 fully saturated rings. The minimum absolute atomic E-state index is 0.207. The molecule has 1 amide bonds. The van der Waals surface area contributed by atoms with Crippen LogP contribution in [0.5, 0.6) is 0 Å². The summed E-state index contributed by atoms with van der Waals surface area (Å²) in [6, 6.07) is 17.8. The number of aromatic nitrogens is 2. The summed E-state index contributed by atoms with van der Waals surface area (Å²) >= 11 is 6.12. The number of amides is 1. The lowest BCUT2D eigenvalue weighted by molar-refractivity contribution is -0.141. The van der Waals surface area contributed by atoms with E-state index in [0.717, 1.165) is 16.5 Å². The van der Waals surface area contributed by atoms with E-state index in [2.05, 4.69) is 15.1 Å². The number of carboxylic acids is 1. The van der Waals surface area contributed by atoms with Crippen molar-refractivity contribution < 1.29 is 14.7 Å². The first kappa shape index (κ1) is 23.4. The van der Waals surface area contributed by atoms with Crippen LogP contribution in [-0.2, 0) is 9.59 Å². The first-order chi connectivity index (χ1) is 17.4. The Labute approximate surface area is 210 Å². The Morgan fingerprint density at radius 1 is 1.03 bits per heavy atom. The van der Waals surface area contributed by atoms with Crippen LogP contribution in [0.4, 0.5) is 0 Å². The zero-order valence-corrected chi connectivity index (χ0v) is 19.8. The molecular formula is C27H21ClN4O4. The Bertz CT molecular complexity index is 1550. The Morgan fingerprint density at radius 3 is 2.53 bits per heavy atom. The van der Waals surface area contributed by atoms with E-state index >= 15 is 0 Å². The third-order valence-corrected chi connectivity index (χ3v) is 6.38. The Balaban J connectivity index is 1.68. The number of para-hydroxylation sites is 1. The number of aromatic amines is 1. The lowest BCUT2D eigenvalue weighted by Gasteiger charge is -2.21. The lowest BCUT2D eigenvalue weighted by Crippen LogP contribution is -2.27. The van der Waals surface area contributed by atoms with Crippen LogP contribution in [0.3, 0.4) is 0 Å². The maximum absolute atomic E-state index is 13.5. The molecule has 0 saturated carbocycles. The third-order valence-electron chi connectivity index (χ3n) is 6.13. The fourth-order valence-corrected chi connectivity index (χ4v) is 4.61. The third kappa shape index (κ3) is 4.50. The molecule has 36 heavy (non-hydrogen) atoms.